The van der Waals surface area contributed by atoms with Crippen molar-refractivity contribution in [2.45, 2.75) is 45.3 Å². The Morgan fingerprint density at radius 1 is 1.13 bits per heavy atom. The van der Waals surface area contributed by atoms with Crippen molar-refractivity contribution in [2.75, 3.05) is 6.54 Å². The van der Waals surface area contributed by atoms with E-state index in [9.17, 15) is 9.59 Å². The third kappa shape index (κ3) is 3.86. The van der Waals surface area contributed by atoms with Gasteiger partial charge in [0.05, 0.1) is 22.6 Å². The second-order valence-electron chi connectivity index (χ2n) is 8.41. The van der Waals surface area contributed by atoms with E-state index in [0.717, 1.165) is 18.5 Å². The Kier molecular flexibility index (Phi) is 5.40. The molecule has 0 N–H and O–H groups in total. The molecule has 1 aromatic heterocycles. The highest BCUT2D eigenvalue weighted by Crippen LogP contribution is 2.34. The van der Waals surface area contributed by atoms with Gasteiger partial charge in [0.25, 0.3) is 5.56 Å². The third-order valence-electron chi connectivity index (χ3n) is 5.07. The van der Waals surface area contributed by atoms with E-state index in [-0.39, 0.29) is 17.7 Å². The summed E-state index contributed by atoms with van der Waals surface area (Å²) in [5.74, 6) is 0.556. The van der Waals surface area contributed by atoms with E-state index in [1.807, 2.05) is 69.3 Å². The number of aromatic nitrogens is 2. The first-order chi connectivity index (χ1) is 14.3. The fraction of sp³-hybridized carbons (Fsp3) is 0.348. The maximum absolute atomic E-state index is 13.6. The Balaban J connectivity index is 1.92. The van der Waals surface area contributed by atoms with Gasteiger partial charge in [0.1, 0.15) is 11.4 Å². The second kappa shape index (κ2) is 7.87. The molecule has 0 saturated carbocycles. The van der Waals surface area contributed by atoms with Crippen LogP contribution in [0.5, 0.6) is 0 Å². The zero-order valence-electron chi connectivity index (χ0n) is 17.3. The van der Waals surface area contributed by atoms with Gasteiger partial charge in [-0.05, 0) is 73.8 Å². The molecule has 1 aliphatic rings. The first-order valence-electron chi connectivity index (χ1n) is 10.0. The van der Waals surface area contributed by atoms with E-state index in [4.69, 9.17) is 9.72 Å². The van der Waals surface area contributed by atoms with Gasteiger partial charge < -0.3 is 4.74 Å². The van der Waals surface area contributed by atoms with Crippen molar-refractivity contribution >= 4 is 32.9 Å². The number of para-hydroxylation sites is 1. The number of nitrogens with zero attached hydrogens (tertiary/aromatic N) is 3. The number of amides is 1. The number of rotatable bonds is 2. The molecule has 0 aliphatic carbocycles. The number of carbonyl (C=O) groups is 1. The van der Waals surface area contributed by atoms with Crippen LogP contribution >= 0.6 is 15.9 Å². The van der Waals surface area contributed by atoms with Crippen molar-refractivity contribution in [3.63, 3.8) is 0 Å². The van der Waals surface area contributed by atoms with Crippen LogP contribution in [0.2, 0.25) is 0 Å². The van der Waals surface area contributed by atoms with Crippen LogP contribution in [0.3, 0.4) is 0 Å². The van der Waals surface area contributed by atoms with Crippen LogP contribution in [-0.2, 0) is 4.74 Å². The lowest BCUT2D eigenvalue weighted by molar-refractivity contribution is 0.0216. The molecule has 30 heavy (non-hydrogen) atoms. The molecule has 0 spiro atoms. The molecule has 1 fully saturated rings. The highest BCUT2D eigenvalue weighted by atomic mass is 79.9. The fourth-order valence-electron chi connectivity index (χ4n) is 3.83. The first kappa shape index (κ1) is 20.6. The molecule has 1 saturated heterocycles. The summed E-state index contributed by atoms with van der Waals surface area (Å²) in [7, 11) is 0. The Morgan fingerprint density at radius 3 is 2.57 bits per heavy atom. The Bertz CT molecular complexity index is 1150. The van der Waals surface area contributed by atoms with Crippen molar-refractivity contribution in [1.29, 1.82) is 0 Å². The summed E-state index contributed by atoms with van der Waals surface area (Å²) in [5, 5.41) is 0.520. The smallest absolute Gasteiger partial charge is 0.410 e. The fourth-order valence-corrected chi connectivity index (χ4v) is 4.36. The van der Waals surface area contributed by atoms with Crippen molar-refractivity contribution in [1.82, 2.24) is 14.5 Å². The summed E-state index contributed by atoms with van der Waals surface area (Å²) in [6.07, 6.45) is 1.16. The predicted octanol–water partition coefficient (Wildman–Crippen LogP) is 5.22. The minimum atomic E-state index is -0.592. The molecule has 0 bridgehead atoms. The predicted molar refractivity (Wildman–Crippen MR) is 120 cm³/mol. The summed E-state index contributed by atoms with van der Waals surface area (Å²) >= 11 is 3.49. The number of halogens is 1. The summed E-state index contributed by atoms with van der Waals surface area (Å²) in [4.78, 5) is 33.0. The van der Waals surface area contributed by atoms with Gasteiger partial charge in [-0.3, -0.25) is 14.3 Å². The minimum absolute atomic E-state index is 0.162. The first-order valence-corrected chi connectivity index (χ1v) is 10.8. The van der Waals surface area contributed by atoms with Gasteiger partial charge in [-0.25, -0.2) is 9.78 Å². The van der Waals surface area contributed by atoms with Crippen LogP contribution in [0, 0.1) is 0 Å². The molecule has 3 aromatic rings. The largest absolute Gasteiger partial charge is 0.444 e. The van der Waals surface area contributed by atoms with E-state index in [1.54, 1.807) is 9.47 Å². The number of fused-ring (bicyclic) bond motifs is 1. The number of benzene rings is 2. The van der Waals surface area contributed by atoms with Crippen molar-refractivity contribution in [2.24, 2.45) is 0 Å². The SMILES string of the molecule is CC(C)(C)OC(=O)N1CCCC1c1nc2cccc(Br)c2c(=O)n1-c1ccccc1. The minimum Gasteiger partial charge on any atom is -0.444 e. The average molecular weight is 470 g/mol. The molecule has 1 amide bonds. The molecule has 0 radical (unpaired) electrons. The monoisotopic (exact) mass is 469 g/mol. The molecule has 4 rings (SSSR count). The number of likely N-dealkylation sites (tertiary alicyclic amines) is 1. The number of hydrogen-bond donors (Lipinski definition) is 0. The van der Waals surface area contributed by atoms with Gasteiger partial charge in [-0.2, -0.15) is 0 Å². The Morgan fingerprint density at radius 2 is 1.87 bits per heavy atom. The molecular formula is C23H24BrN3O3. The van der Waals surface area contributed by atoms with E-state index < -0.39 is 5.60 Å². The molecule has 6 nitrogen and oxygen atoms in total. The Labute approximate surface area is 183 Å². The van der Waals surface area contributed by atoms with Crippen LogP contribution in [0.4, 0.5) is 4.79 Å². The maximum Gasteiger partial charge on any atom is 0.410 e. The summed E-state index contributed by atoms with van der Waals surface area (Å²) in [6, 6.07) is 14.6. The average Bonchev–Trinajstić information content (AvgIpc) is 3.17. The van der Waals surface area contributed by atoms with Gasteiger partial charge in [0, 0.05) is 11.0 Å². The van der Waals surface area contributed by atoms with E-state index in [1.165, 1.54) is 0 Å². The second-order valence-corrected chi connectivity index (χ2v) is 9.27. The van der Waals surface area contributed by atoms with Crippen LogP contribution in [0.15, 0.2) is 57.8 Å². The molecule has 156 valence electrons. The van der Waals surface area contributed by atoms with E-state index in [0.29, 0.717) is 27.7 Å². The summed E-state index contributed by atoms with van der Waals surface area (Å²) in [6.45, 7) is 6.12. The molecule has 2 heterocycles. The van der Waals surface area contributed by atoms with Gasteiger partial charge in [0.2, 0.25) is 0 Å². The standard InChI is InChI=1S/C23H24BrN3O3/c1-23(2,3)30-22(29)26-14-8-13-18(26)20-25-17-12-7-11-16(24)19(17)21(28)27(20)15-9-5-4-6-10-15/h4-7,9-12,18H,8,13-14H2,1-3H3. The lowest BCUT2D eigenvalue weighted by atomic mass is 10.1. The molecule has 1 aliphatic heterocycles. The normalized spacial score (nSPS) is 16.8. The van der Waals surface area contributed by atoms with Crippen molar-refractivity contribution in [3.8, 4) is 5.69 Å². The summed E-state index contributed by atoms with van der Waals surface area (Å²) in [5.41, 5.74) is 0.571. The molecule has 1 atom stereocenters. The number of ether oxygens (including phenoxy) is 1. The highest BCUT2D eigenvalue weighted by molar-refractivity contribution is 9.10. The van der Waals surface area contributed by atoms with Crippen molar-refractivity contribution < 1.29 is 9.53 Å². The highest BCUT2D eigenvalue weighted by Gasteiger charge is 2.36. The quantitative estimate of drug-likeness (QED) is 0.515. The Hall–Kier alpha value is -2.67. The zero-order valence-corrected chi connectivity index (χ0v) is 18.8. The zero-order chi connectivity index (χ0) is 21.5. The van der Waals surface area contributed by atoms with E-state index in [2.05, 4.69) is 15.9 Å². The van der Waals surface area contributed by atoms with Gasteiger partial charge >= 0.3 is 6.09 Å². The maximum atomic E-state index is 13.6. The van der Waals surface area contributed by atoms with Crippen LogP contribution in [-0.4, -0.2) is 32.7 Å². The topological polar surface area (TPSA) is 64.4 Å². The lowest BCUT2D eigenvalue weighted by Gasteiger charge is -2.29. The van der Waals surface area contributed by atoms with E-state index >= 15 is 0 Å². The molecule has 2 aromatic carbocycles. The molecule has 1 unspecified atom stereocenters. The van der Waals surface area contributed by atoms with Gasteiger partial charge in [-0.1, -0.05) is 24.3 Å². The molecular weight excluding hydrogens is 446 g/mol. The molecule has 7 heteroatoms. The van der Waals surface area contributed by atoms with Crippen molar-refractivity contribution in [3.05, 3.63) is 69.2 Å². The number of hydrogen-bond acceptors (Lipinski definition) is 4. The summed E-state index contributed by atoms with van der Waals surface area (Å²) < 4.78 is 7.94. The lowest BCUT2D eigenvalue weighted by Crippen LogP contribution is -2.38. The van der Waals surface area contributed by atoms with Gasteiger partial charge in [0.15, 0.2) is 0 Å². The third-order valence-corrected chi connectivity index (χ3v) is 5.73. The van der Waals surface area contributed by atoms with Crippen LogP contribution in [0.25, 0.3) is 16.6 Å². The number of carbonyl (C=O) groups excluding carboxylic acids is 1. The van der Waals surface area contributed by atoms with Gasteiger partial charge in [-0.15, -0.1) is 0 Å². The van der Waals surface area contributed by atoms with Crippen LogP contribution < -0.4 is 5.56 Å². The van der Waals surface area contributed by atoms with Crippen LogP contribution in [0.1, 0.15) is 45.5 Å².